The molecule has 2 heterocycles. The standard InChI is InChI=1S/C13H11N3O3/c1-2-19-13(18)9-7-14-11-8-5-3-4-6-10(8)15-16(11)12(9)17/h3-7,15H,2H2,1H3. The SMILES string of the molecule is CCOC(=O)c1cnc2c3ccccc3[nH]n2c1=O. The largest absolute Gasteiger partial charge is 0.462 e. The third kappa shape index (κ3) is 1.69. The monoisotopic (exact) mass is 257 g/mol. The van der Waals surface area contributed by atoms with Crippen molar-refractivity contribution in [1.82, 2.24) is 14.6 Å². The van der Waals surface area contributed by atoms with Crippen molar-refractivity contribution in [1.29, 1.82) is 0 Å². The van der Waals surface area contributed by atoms with Crippen LogP contribution in [-0.2, 0) is 4.74 Å². The summed E-state index contributed by atoms with van der Waals surface area (Å²) in [5, 5.41) is 3.75. The molecular formula is C13H11N3O3. The summed E-state index contributed by atoms with van der Waals surface area (Å²) in [4.78, 5) is 28.0. The van der Waals surface area contributed by atoms with Crippen LogP contribution in [0.3, 0.4) is 0 Å². The molecule has 0 bridgehead atoms. The van der Waals surface area contributed by atoms with Crippen molar-refractivity contribution in [3.8, 4) is 0 Å². The zero-order valence-corrected chi connectivity index (χ0v) is 10.2. The molecule has 0 unspecified atom stereocenters. The van der Waals surface area contributed by atoms with E-state index in [1.165, 1.54) is 10.7 Å². The molecule has 0 amide bonds. The first-order chi connectivity index (χ1) is 9.22. The van der Waals surface area contributed by atoms with E-state index in [9.17, 15) is 9.59 Å². The third-order valence-electron chi connectivity index (χ3n) is 2.86. The number of nitrogens with one attached hydrogen (secondary N) is 1. The lowest BCUT2D eigenvalue weighted by Crippen LogP contribution is -2.24. The van der Waals surface area contributed by atoms with Crippen LogP contribution >= 0.6 is 0 Å². The number of H-pyrrole nitrogens is 1. The normalized spacial score (nSPS) is 11.0. The van der Waals surface area contributed by atoms with Gasteiger partial charge in [0, 0.05) is 11.6 Å². The Morgan fingerprint density at radius 3 is 3.00 bits per heavy atom. The third-order valence-corrected chi connectivity index (χ3v) is 2.86. The van der Waals surface area contributed by atoms with Crippen LogP contribution in [-0.4, -0.2) is 27.2 Å². The predicted octanol–water partition coefficient (Wildman–Crippen LogP) is 1.35. The average molecular weight is 257 g/mol. The summed E-state index contributed by atoms with van der Waals surface area (Å²) in [6.07, 6.45) is 1.26. The predicted molar refractivity (Wildman–Crippen MR) is 69.3 cm³/mol. The summed E-state index contributed by atoms with van der Waals surface area (Å²) in [7, 11) is 0. The van der Waals surface area contributed by atoms with Gasteiger partial charge in [0.15, 0.2) is 5.65 Å². The van der Waals surface area contributed by atoms with Gasteiger partial charge in [-0.15, -0.1) is 0 Å². The number of carbonyl (C=O) groups excluding carboxylic acids is 1. The second-order valence-corrected chi connectivity index (χ2v) is 4.01. The maximum atomic E-state index is 12.2. The molecule has 0 aliphatic heterocycles. The van der Waals surface area contributed by atoms with Crippen molar-refractivity contribution >= 4 is 22.5 Å². The number of fused-ring (bicyclic) bond motifs is 3. The molecule has 0 saturated carbocycles. The maximum Gasteiger partial charge on any atom is 0.345 e. The second-order valence-electron chi connectivity index (χ2n) is 4.01. The van der Waals surface area contributed by atoms with E-state index in [0.29, 0.717) is 5.65 Å². The molecule has 0 spiro atoms. The van der Waals surface area contributed by atoms with Crippen LogP contribution in [0.5, 0.6) is 0 Å². The van der Waals surface area contributed by atoms with Crippen LogP contribution in [0.15, 0.2) is 35.3 Å². The van der Waals surface area contributed by atoms with E-state index in [2.05, 4.69) is 10.1 Å². The van der Waals surface area contributed by atoms with Crippen LogP contribution in [0.25, 0.3) is 16.6 Å². The molecule has 3 rings (SSSR count). The molecule has 6 heteroatoms. The van der Waals surface area contributed by atoms with E-state index in [-0.39, 0.29) is 12.2 Å². The van der Waals surface area contributed by atoms with Crippen molar-refractivity contribution in [2.45, 2.75) is 6.92 Å². The lowest BCUT2D eigenvalue weighted by atomic mass is 10.2. The van der Waals surface area contributed by atoms with Gasteiger partial charge in [0.2, 0.25) is 0 Å². The topological polar surface area (TPSA) is 76.5 Å². The Labute approximate surface area is 107 Å². The van der Waals surface area contributed by atoms with E-state index < -0.39 is 11.5 Å². The molecule has 0 aliphatic carbocycles. The number of nitrogens with zero attached hydrogens (tertiary/aromatic N) is 2. The minimum atomic E-state index is -0.659. The first-order valence-corrected chi connectivity index (χ1v) is 5.88. The van der Waals surface area contributed by atoms with E-state index in [1.54, 1.807) is 6.92 Å². The number of para-hydroxylation sites is 1. The van der Waals surface area contributed by atoms with Crippen LogP contribution in [0, 0.1) is 0 Å². The molecule has 0 atom stereocenters. The minimum Gasteiger partial charge on any atom is -0.462 e. The molecule has 0 fully saturated rings. The Balaban J connectivity index is 2.31. The van der Waals surface area contributed by atoms with Crippen molar-refractivity contribution in [3.63, 3.8) is 0 Å². The number of aromatic amines is 1. The Bertz CT molecular complexity index is 832. The summed E-state index contributed by atoms with van der Waals surface area (Å²) in [6.45, 7) is 1.90. The molecule has 0 radical (unpaired) electrons. The number of rotatable bonds is 2. The van der Waals surface area contributed by atoms with Gasteiger partial charge < -0.3 is 4.74 Å². The Morgan fingerprint density at radius 1 is 1.42 bits per heavy atom. The van der Waals surface area contributed by atoms with Gasteiger partial charge in [-0.1, -0.05) is 12.1 Å². The highest BCUT2D eigenvalue weighted by Gasteiger charge is 2.16. The number of hydrogen-bond acceptors (Lipinski definition) is 4. The van der Waals surface area contributed by atoms with Crippen LogP contribution < -0.4 is 5.56 Å². The Morgan fingerprint density at radius 2 is 2.21 bits per heavy atom. The van der Waals surface area contributed by atoms with Crippen LogP contribution in [0.4, 0.5) is 0 Å². The molecule has 0 saturated heterocycles. The smallest absolute Gasteiger partial charge is 0.345 e. The van der Waals surface area contributed by atoms with Crippen molar-refractivity contribution in [2.24, 2.45) is 0 Å². The summed E-state index contributed by atoms with van der Waals surface area (Å²) in [6, 6.07) is 7.42. The molecule has 96 valence electrons. The van der Waals surface area contributed by atoms with E-state index in [1.807, 2.05) is 24.3 Å². The first-order valence-electron chi connectivity index (χ1n) is 5.88. The summed E-state index contributed by atoms with van der Waals surface area (Å²) >= 11 is 0. The van der Waals surface area contributed by atoms with Gasteiger partial charge in [0.05, 0.1) is 12.1 Å². The van der Waals surface area contributed by atoms with Crippen molar-refractivity contribution in [3.05, 3.63) is 46.4 Å². The molecule has 19 heavy (non-hydrogen) atoms. The molecule has 2 aromatic heterocycles. The van der Waals surface area contributed by atoms with Gasteiger partial charge in [-0.25, -0.2) is 9.78 Å². The molecule has 6 nitrogen and oxygen atoms in total. The number of carbonyl (C=O) groups is 1. The highest BCUT2D eigenvalue weighted by molar-refractivity contribution is 5.93. The van der Waals surface area contributed by atoms with Gasteiger partial charge in [-0.05, 0) is 19.1 Å². The second kappa shape index (κ2) is 4.24. The number of hydrogen-bond donors (Lipinski definition) is 1. The molecular weight excluding hydrogens is 246 g/mol. The van der Waals surface area contributed by atoms with Gasteiger partial charge in [0.25, 0.3) is 5.56 Å². The fourth-order valence-electron chi connectivity index (χ4n) is 1.99. The van der Waals surface area contributed by atoms with Gasteiger partial charge in [0.1, 0.15) is 5.56 Å². The highest BCUT2D eigenvalue weighted by Crippen LogP contribution is 2.15. The quantitative estimate of drug-likeness (QED) is 0.703. The lowest BCUT2D eigenvalue weighted by molar-refractivity contribution is 0.0523. The van der Waals surface area contributed by atoms with Crippen LogP contribution in [0.1, 0.15) is 17.3 Å². The first kappa shape index (κ1) is 11.5. The number of benzene rings is 1. The highest BCUT2D eigenvalue weighted by atomic mass is 16.5. The molecule has 3 aromatic rings. The number of esters is 1. The van der Waals surface area contributed by atoms with Crippen molar-refractivity contribution in [2.75, 3.05) is 6.61 Å². The summed E-state index contributed by atoms with van der Waals surface area (Å²) < 4.78 is 6.09. The molecule has 1 aromatic carbocycles. The zero-order chi connectivity index (χ0) is 13.4. The Kier molecular flexibility index (Phi) is 2.56. The molecule has 0 aliphatic rings. The van der Waals surface area contributed by atoms with E-state index in [0.717, 1.165) is 10.9 Å². The van der Waals surface area contributed by atoms with Gasteiger partial charge in [-0.3, -0.25) is 9.89 Å². The fourth-order valence-corrected chi connectivity index (χ4v) is 1.99. The zero-order valence-electron chi connectivity index (χ0n) is 10.2. The number of aromatic nitrogens is 3. The van der Waals surface area contributed by atoms with E-state index >= 15 is 0 Å². The summed E-state index contributed by atoms with van der Waals surface area (Å²) in [5.74, 6) is -0.659. The van der Waals surface area contributed by atoms with Gasteiger partial charge >= 0.3 is 5.97 Å². The molecule has 1 N–H and O–H groups in total. The number of ether oxygens (including phenoxy) is 1. The Hall–Kier alpha value is -2.63. The van der Waals surface area contributed by atoms with E-state index in [4.69, 9.17) is 4.74 Å². The summed E-state index contributed by atoms with van der Waals surface area (Å²) in [5.41, 5.74) is 0.743. The minimum absolute atomic E-state index is 0.0779. The van der Waals surface area contributed by atoms with Crippen LogP contribution in [0.2, 0.25) is 0 Å². The fraction of sp³-hybridized carbons (Fsp3) is 0.154. The van der Waals surface area contributed by atoms with Crippen molar-refractivity contribution < 1.29 is 9.53 Å². The van der Waals surface area contributed by atoms with Gasteiger partial charge in [-0.2, -0.15) is 4.52 Å². The maximum absolute atomic E-state index is 12.2. The average Bonchev–Trinajstić information content (AvgIpc) is 2.79. The lowest BCUT2D eigenvalue weighted by Gasteiger charge is -2.00.